The van der Waals surface area contributed by atoms with Gasteiger partial charge in [0, 0.05) is 6.54 Å². The second kappa shape index (κ2) is 7.02. The summed E-state index contributed by atoms with van der Waals surface area (Å²) < 4.78 is 0.589. The molecular weight excluding hydrogens is 288 g/mol. The predicted molar refractivity (Wildman–Crippen MR) is 69.3 cm³/mol. The molecule has 0 radical (unpaired) electrons. The molecule has 0 aromatic carbocycles. The van der Waals surface area contributed by atoms with Crippen molar-refractivity contribution in [2.75, 3.05) is 23.8 Å². The van der Waals surface area contributed by atoms with Crippen LogP contribution in [-0.2, 0) is 4.79 Å². The molecule has 0 saturated heterocycles. The Morgan fingerprint density at radius 3 is 2.82 bits per heavy atom. The molecule has 0 aliphatic heterocycles. The number of hydrogen-bond acceptors (Lipinski definition) is 6. The van der Waals surface area contributed by atoms with E-state index in [2.05, 4.69) is 42.0 Å². The summed E-state index contributed by atoms with van der Waals surface area (Å²) in [6, 6.07) is 0. The summed E-state index contributed by atoms with van der Waals surface area (Å²) in [5, 5.41) is 5.64. The minimum absolute atomic E-state index is 0.0837. The molecule has 0 bridgehead atoms. The zero-order valence-corrected chi connectivity index (χ0v) is 11.0. The molecule has 1 aromatic rings. The number of anilines is 2. The van der Waals surface area contributed by atoms with Crippen molar-refractivity contribution in [3.8, 4) is 0 Å². The molecule has 94 valence electrons. The van der Waals surface area contributed by atoms with Gasteiger partial charge in [0.05, 0.1) is 6.54 Å². The van der Waals surface area contributed by atoms with Crippen molar-refractivity contribution in [1.29, 1.82) is 0 Å². The number of nitrogens with two attached hydrogens (primary N) is 1. The number of aromatic nitrogens is 2. The molecule has 0 saturated carbocycles. The van der Waals surface area contributed by atoms with Crippen molar-refractivity contribution in [3.05, 3.63) is 10.8 Å². The van der Waals surface area contributed by atoms with E-state index >= 15 is 0 Å². The molecule has 1 amide bonds. The summed E-state index contributed by atoms with van der Waals surface area (Å²) in [7, 11) is 0. The van der Waals surface area contributed by atoms with Gasteiger partial charge in [-0.25, -0.2) is 15.8 Å². The smallest absolute Gasteiger partial charge is 0.239 e. The van der Waals surface area contributed by atoms with Crippen LogP contribution in [0.4, 0.5) is 11.6 Å². The Morgan fingerprint density at radius 2 is 2.18 bits per heavy atom. The second-order valence-electron chi connectivity index (χ2n) is 3.23. The van der Waals surface area contributed by atoms with Crippen molar-refractivity contribution < 1.29 is 4.79 Å². The summed E-state index contributed by atoms with van der Waals surface area (Å²) >= 11 is 3.28. The van der Waals surface area contributed by atoms with Crippen LogP contribution in [0.25, 0.3) is 0 Å². The van der Waals surface area contributed by atoms with Gasteiger partial charge in [0.1, 0.15) is 16.6 Å². The summed E-state index contributed by atoms with van der Waals surface area (Å²) in [5.74, 6) is 6.15. The number of halogens is 1. The van der Waals surface area contributed by atoms with Crippen LogP contribution in [0.3, 0.4) is 0 Å². The van der Waals surface area contributed by atoms with Crippen molar-refractivity contribution in [1.82, 2.24) is 15.3 Å². The van der Waals surface area contributed by atoms with E-state index < -0.39 is 0 Å². The minimum Gasteiger partial charge on any atom is -0.360 e. The molecular formula is C9H15BrN6O. The highest BCUT2D eigenvalue weighted by Crippen LogP contribution is 2.25. The largest absolute Gasteiger partial charge is 0.360 e. The van der Waals surface area contributed by atoms with E-state index in [9.17, 15) is 4.79 Å². The van der Waals surface area contributed by atoms with Gasteiger partial charge >= 0.3 is 0 Å². The molecule has 0 atom stereocenters. The van der Waals surface area contributed by atoms with Gasteiger partial charge in [-0.1, -0.05) is 6.92 Å². The van der Waals surface area contributed by atoms with E-state index in [0.717, 1.165) is 6.42 Å². The molecule has 8 heteroatoms. The summed E-state index contributed by atoms with van der Waals surface area (Å²) in [6.45, 7) is 2.81. The van der Waals surface area contributed by atoms with E-state index in [4.69, 9.17) is 5.84 Å². The standard InChI is InChI=1S/C9H15BrN6O/c1-2-3-12-6(17)4-13-8-7(10)9(16-11)15-5-14-8/h5H,2-4,11H2,1H3,(H,12,17)(H2,13,14,15,16). The predicted octanol–water partition coefficient (Wildman–Crippen LogP) is 0.463. The van der Waals surface area contributed by atoms with Gasteiger partial charge in [-0.3, -0.25) is 4.79 Å². The third-order valence-electron chi connectivity index (χ3n) is 1.91. The van der Waals surface area contributed by atoms with Crippen molar-refractivity contribution in [2.24, 2.45) is 5.84 Å². The van der Waals surface area contributed by atoms with Gasteiger partial charge < -0.3 is 16.1 Å². The topological polar surface area (TPSA) is 105 Å². The summed E-state index contributed by atoms with van der Waals surface area (Å²) in [4.78, 5) is 19.3. The number of nitrogen functional groups attached to an aromatic ring is 1. The fourth-order valence-corrected chi connectivity index (χ4v) is 1.54. The Kier molecular flexibility index (Phi) is 5.64. The highest BCUT2D eigenvalue weighted by molar-refractivity contribution is 9.10. The van der Waals surface area contributed by atoms with Gasteiger partial charge in [0.15, 0.2) is 5.82 Å². The first-order chi connectivity index (χ1) is 8.19. The SMILES string of the molecule is CCCNC(=O)CNc1ncnc(NN)c1Br. The lowest BCUT2D eigenvalue weighted by atomic mass is 10.4. The molecule has 0 aliphatic carbocycles. The maximum Gasteiger partial charge on any atom is 0.239 e. The quantitative estimate of drug-likeness (QED) is 0.449. The molecule has 0 aliphatic rings. The number of hydrazine groups is 1. The minimum atomic E-state index is -0.0837. The fraction of sp³-hybridized carbons (Fsp3) is 0.444. The number of nitrogens with zero attached hydrogens (tertiary/aromatic N) is 2. The summed E-state index contributed by atoms with van der Waals surface area (Å²) in [5.41, 5.74) is 2.42. The normalized spacial score (nSPS) is 9.82. The maximum atomic E-state index is 11.4. The van der Waals surface area contributed by atoms with Crippen molar-refractivity contribution in [2.45, 2.75) is 13.3 Å². The number of amides is 1. The Balaban J connectivity index is 2.54. The molecule has 0 spiro atoms. The maximum absolute atomic E-state index is 11.4. The van der Waals surface area contributed by atoms with Crippen LogP contribution in [0, 0.1) is 0 Å². The van der Waals surface area contributed by atoms with Crippen LogP contribution in [0.1, 0.15) is 13.3 Å². The number of carbonyl (C=O) groups is 1. The molecule has 0 unspecified atom stereocenters. The molecule has 1 rings (SSSR count). The molecule has 1 aromatic heterocycles. The first-order valence-electron chi connectivity index (χ1n) is 5.16. The molecule has 7 nitrogen and oxygen atoms in total. The monoisotopic (exact) mass is 302 g/mol. The molecule has 17 heavy (non-hydrogen) atoms. The van der Waals surface area contributed by atoms with E-state index in [-0.39, 0.29) is 12.5 Å². The summed E-state index contributed by atoms with van der Waals surface area (Å²) in [6.07, 6.45) is 2.26. The van der Waals surface area contributed by atoms with Crippen LogP contribution in [0.2, 0.25) is 0 Å². The number of nitrogens with one attached hydrogen (secondary N) is 3. The zero-order chi connectivity index (χ0) is 12.7. The fourth-order valence-electron chi connectivity index (χ4n) is 1.08. The Labute approximate surface area is 108 Å². The average Bonchev–Trinajstić information content (AvgIpc) is 2.35. The van der Waals surface area contributed by atoms with Crippen LogP contribution in [-0.4, -0.2) is 29.0 Å². The third kappa shape index (κ3) is 4.16. The van der Waals surface area contributed by atoms with E-state index in [1.165, 1.54) is 6.33 Å². The number of hydrogen-bond donors (Lipinski definition) is 4. The lowest BCUT2D eigenvalue weighted by Gasteiger charge is -2.09. The van der Waals surface area contributed by atoms with Gasteiger partial charge in [-0.05, 0) is 22.4 Å². The van der Waals surface area contributed by atoms with Crippen LogP contribution in [0.15, 0.2) is 10.8 Å². The second-order valence-corrected chi connectivity index (χ2v) is 4.03. The van der Waals surface area contributed by atoms with Crippen molar-refractivity contribution >= 4 is 33.5 Å². The van der Waals surface area contributed by atoms with Gasteiger partial charge in [-0.15, -0.1) is 0 Å². The number of rotatable bonds is 6. The average molecular weight is 303 g/mol. The Morgan fingerprint density at radius 1 is 1.47 bits per heavy atom. The lowest BCUT2D eigenvalue weighted by molar-refractivity contribution is -0.119. The van der Waals surface area contributed by atoms with Gasteiger partial charge in [-0.2, -0.15) is 0 Å². The highest BCUT2D eigenvalue weighted by atomic mass is 79.9. The van der Waals surface area contributed by atoms with Crippen LogP contribution >= 0.6 is 15.9 Å². The Hall–Kier alpha value is -1.41. The van der Waals surface area contributed by atoms with E-state index in [0.29, 0.717) is 22.7 Å². The van der Waals surface area contributed by atoms with Gasteiger partial charge in [0.25, 0.3) is 0 Å². The zero-order valence-electron chi connectivity index (χ0n) is 9.46. The van der Waals surface area contributed by atoms with E-state index in [1.54, 1.807) is 0 Å². The third-order valence-corrected chi connectivity index (χ3v) is 2.67. The molecule has 0 fully saturated rings. The highest BCUT2D eigenvalue weighted by Gasteiger charge is 2.08. The van der Waals surface area contributed by atoms with E-state index in [1.807, 2.05) is 6.92 Å². The molecule has 1 heterocycles. The van der Waals surface area contributed by atoms with Crippen molar-refractivity contribution in [3.63, 3.8) is 0 Å². The number of carbonyl (C=O) groups excluding carboxylic acids is 1. The first-order valence-corrected chi connectivity index (χ1v) is 5.96. The van der Waals surface area contributed by atoms with Gasteiger partial charge in [0.2, 0.25) is 5.91 Å². The molecule has 5 N–H and O–H groups in total. The Bertz CT molecular complexity index is 386. The van der Waals surface area contributed by atoms with Crippen LogP contribution in [0.5, 0.6) is 0 Å². The first kappa shape index (κ1) is 13.7. The lowest BCUT2D eigenvalue weighted by Crippen LogP contribution is -2.30. The van der Waals surface area contributed by atoms with Crippen LogP contribution < -0.4 is 21.9 Å².